The molecule has 1 atom stereocenters. The number of ether oxygens (including phenoxy) is 1. The van der Waals surface area contributed by atoms with Crippen LogP contribution in [0.25, 0.3) is 0 Å². The average molecular weight is 412 g/mol. The van der Waals surface area contributed by atoms with Gasteiger partial charge in [-0.1, -0.05) is 45.4 Å². The van der Waals surface area contributed by atoms with Crippen LogP contribution in [0.5, 0.6) is 0 Å². The molecule has 0 bridgehead atoms. The molecule has 0 radical (unpaired) electrons. The lowest BCUT2D eigenvalue weighted by atomic mass is 9.75. The predicted molar refractivity (Wildman–Crippen MR) is 96.1 cm³/mol. The van der Waals surface area contributed by atoms with Crippen molar-refractivity contribution in [1.82, 2.24) is 9.97 Å². The van der Waals surface area contributed by atoms with Crippen molar-refractivity contribution in [3.63, 3.8) is 0 Å². The molecular formula is C17H16BrClN2OS. The fourth-order valence-corrected chi connectivity index (χ4v) is 4.65. The Labute approximate surface area is 153 Å². The number of benzene rings is 1. The van der Waals surface area contributed by atoms with E-state index in [0.29, 0.717) is 11.8 Å². The molecular weight excluding hydrogens is 396 g/mol. The molecule has 0 amide bonds. The van der Waals surface area contributed by atoms with Gasteiger partial charge in [-0.05, 0) is 48.8 Å². The molecule has 1 aromatic carbocycles. The Bertz CT molecular complexity index is 785. The number of rotatable bonds is 1. The Morgan fingerprint density at radius 1 is 1.35 bits per heavy atom. The van der Waals surface area contributed by atoms with Gasteiger partial charge in [0.15, 0.2) is 5.16 Å². The fourth-order valence-electron chi connectivity index (χ4n) is 3.61. The Kier molecular flexibility index (Phi) is 4.16. The van der Waals surface area contributed by atoms with E-state index >= 15 is 0 Å². The topological polar surface area (TPSA) is 35.0 Å². The minimum absolute atomic E-state index is 0.280. The Morgan fingerprint density at radius 3 is 3.04 bits per heavy atom. The molecule has 0 unspecified atom stereocenters. The zero-order valence-corrected chi connectivity index (χ0v) is 15.9. The first kappa shape index (κ1) is 15.9. The van der Waals surface area contributed by atoms with E-state index in [9.17, 15) is 0 Å². The third kappa shape index (κ3) is 2.72. The van der Waals surface area contributed by atoms with E-state index in [1.54, 1.807) is 0 Å². The summed E-state index contributed by atoms with van der Waals surface area (Å²) in [5, 5.41) is 1.26. The van der Waals surface area contributed by atoms with Gasteiger partial charge in [-0.3, -0.25) is 0 Å². The summed E-state index contributed by atoms with van der Waals surface area (Å²) in [6.07, 6.45) is 6.01. The van der Waals surface area contributed by atoms with Crippen molar-refractivity contribution in [3.05, 3.63) is 50.2 Å². The van der Waals surface area contributed by atoms with Crippen LogP contribution in [0.4, 0.5) is 0 Å². The van der Waals surface area contributed by atoms with Gasteiger partial charge in [-0.15, -0.1) is 0 Å². The van der Waals surface area contributed by atoms with Crippen molar-refractivity contribution >= 4 is 39.3 Å². The molecule has 1 aliphatic carbocycles. The van der Waals surface area contributed by atoms with Crippen molar-refractivity contribution in [2.75, 3.05) is 6.26 Å². The zero-order valence-electron chi connectivity index (χ0n) is 12.7. The fraction of sp³-hybridized carbons (Fsp3) is 0.412. The van der Waals surface area contributed by atoms with Gasteiger partial charge in [0.1, 0.15) is 5.15 Å². The van der Waals surface area contributed by atoms with E-state index in [2.05, 4.69) is 39.1 Å². The maximum atomic E-state index is 6.38. The second-order valence-electron chi connectivity index (χ2n) is 6.04. The molecule has 6 heteroatoms. The number of fused-ring (bicyclic) bond motifs is 3. The molecule has 2 aliphatic rings. The summed E-state index contributed by atoms with van der Waals surface area (Å²) in [6.45, 7) is 0.481. The molecule has 2 aromatic rings. The number of thioether (sulfide) groups is 1. The van der Waals surface area contributed by atoms with Crippen LogP contribution in [0.1, 0.15) is 35.2 Å². The van der Waals surface area contributed by atoms with Gasteiger partial charge in [0.25, 0.3) is 0 Å². The molecule has 1 aliphatic heterocycles. The highest BCUT2D eigenvalue weighted by atomic mass is 79.9. The van der Waals surface area contributed by atoms with E-state index in [4.69, 9.17) is 21.3 Å². The smallest absolute Gasteiger partial charge is 0.188 e. The second-order valence-corrected chi connectivity index (χ2v) is 8.09. The number of nitrogens with zero attached hydrogens (tertiary/aromatic N) is 2. The van der Waals surface area contributed by atoms with Crippen LogP contribution in [0.15, 0.2) is 27.8 Å². The minimum atomic E-state index is -0.280. The van der Waals surface area contributed by atoms with Gasteiger partial charge in [0.05, 0.1) is 17.9 Å². The standard InChI is InChI=1S/C17H16BrClN2OS/c1-23-16-20-14-8-17(22-9-12(14)15(19)21-16)6-2-3-10-4-5-11(18)7-13(10)17/h4-5,7H,2-3,6,8-9H2,1H3/t17-/m0/s1. The largest absolute Gasteiger partial charge is 0.365 e. The SMILES string of the molecule is CSc1nc(Cl)c2c(n1)C[C@]1(CCCc3ccc(Br)cc31)OC2. The number of halogens is 2. The molecule has 120 valence electrons. The van der Waals surface area contributed by atoms with Crippen LogP contribution in [-0.2, 0) is 29.8 Å². The highest BCUT2D eigenvalue weighted by Gasteiger charge is 2.42. The maximum absolute atomic E-state index is 6.38. The van der Waals surface area contributed by atoms with Crippen molar-refractivity contribution < 1.29 is 4.74 Å². The van der Waals surface area contributed by atoms with E-state index in [1.165, 1.54) is 22.9 Å². The first-order valence-corrected chi connectivity index (χ1v) is 10.0. The number of aryl methyl sites for hydroxylation is 1. The monoisotopic (exact) mass is 410 g/mol. The quantitative estimate of drug-likeness (QED) is 0.379. The zero-order chi connectivity index (χ0) is 16.0. The van der Waals surface area contributed by atoms with Crippen molar-refractivity contribution in [3.8, 4) is 0 Å². The lowest BCUT2D eigenvalue weighted by Crippen LogP contribution is -2.39. The van der Waals surface area contributed by atoms with Crippen molar-refractivity contribution in [1.29, 1.82) is 0 Å². The van der Waals surface area contributed by atoms with Crippen LogP contribution in [0.3, 0.4) is 0 Å². The van der Waals surface area contributed by atoms with E-state index < -0.39 is 0 Å². The van der Waals surface area contributed by atoms with Gasteiger partial charge < -0.3 is 4.74 Å². The molecule has 2 heterocycles. The summed E-state index contributed by atoms with van der Waals surface area (Å²) >= 11 is 11.5. The first-order valence-electron chi connectivity index (χ1n) is 7.63. The summed E-state index contributed by atoms with van der Waals surface area (Å²) in [5.41, 5.74) is 4.38. The lowest BCUT2D eigenvalue weighted by Gasteiger charge is -2.42. The van der Waals surface area contributed by atoms with E-state index in [0.717, 1.165) is 46.6 Å². The molecule has 0 fully saturated rings. The molecule has 0 N–H and O–H groups in total. The molecule has 23 heavy (non-hydrogen) atoms. The highest BCUT2D eigenvalue weighted by Crippen LogP contribution is 2.46. The Morgan fingerprint density at radius 2 is 2.22 bits per heavy atom. The third-order valence-corrected chi connectivity index (χ3v) is 6.09. The Balaban J connectivity index is 1.82. The van der Waals surface area contributed by atoms with E-state index in [-0.39, 0.29) is 5.60 Å². The molecule has 1 aromatic heterocycles. The number of hydrogen-bond donors (Lipinski definition) is 0. The summed E-state index contributed by atoms with van der Waals surface area (Å²) in [7, 11) is 0. The van der Waals surface area contributed by atoms with Gasteiger partial charge in [-0.2, -0.15) is 0 Å². The normalized spacial score (nSPS) is 22.7. The van der Waals surface area contributed by atoms with Crippen molar-refractivity contribution in [2.24, 2.45) is 0 Å². The summed E-state index contributed by atoms with van der Waals surface area (Å²) in [5.74, 6) is 0. The third-order valence-electron chi connectivity index (χ3n) is 4.74. The van der Waals surface area contributed by atoms with E-state index in [1.807, 2.05) is 6.26 Å². The number of hydrogen-bond acceptors (Lipinski definition) is 4. The van der Waals surface area contributed by atoms with Crippen LogP contribution >= 0.6 is 39.3 Å². The first-order chi connectivity index (χ1) is 11.1. The molecule has 1 spiro atoms. The molecule has 0 saturated carbocycles. The summed E-state index contributed by atoms with van der Waals surface area (Å²) in [6, 6.07) is 6.52. The highest BCUT2D eigenvalue weighted by molar-refractivity contribution is 9.10. The molecule has 3 nitrogen and oxygen atoms in total. The lowest BCUT2D eigenvalue weighted by molar-refractivity contribution is -0.0858. The van der Waals surface area contributed by atoms with Crippen molar-refractivity contribution in [2.45, 2.75) is 43.0 Å². The summed E-state index contributed by atoms with van der Waals surface area (Å²) in [4.78, 5) is 9.04. The van der Waals surface area contributed by atoms with Crippen LogP contribution in [-0.4, -0.2) is 16.2 Å². The second kappa shape index (κ2) is 6.03. The number of aromatic nitrogens is 2. The average Bonchev–Trinajstić information content (AvgIpc) is 2.55. The molecule has 4 rings (SSSR count). The maximum Gasteiger partial charge on any atom is 0.188 e. The Hall–Kier alpha value is -0.620. The van der Waals surface area contributed by atoms with Crippen LogP contribution in [0, 0.1) is 0 Å². The van der Waals surface area contributed by atoms with Gasteiger partial charge in [0.2, 0.25) is 0 Å². The van der Waals surface area contributed by atoms with Gasteiger partial charge in [-0.25, -0.2) is 9.97 Å². The molecule has 0 saturated heterocycles. The van der Waals surface area contributed by atoms with Crippen LogP contribution < -0.4 is 0 Å². The summed E-state index contributed by atoms with van der Waals surface area (Å²) < 4.78 is 7.47. The van der Waals surface area contributed by atoms with Crippen LogP contribution in [0.2, 0.25) is 5.15 Å². The van der Waals surface area contributed by atoms with Gasteiger partial charge in [0, 0.05) is 16.5 Å². The van der Waals surface area contributed by atoms with Gasteiger partial charge >= 0.3 is 0 Å². The predicted octanol–water partition coefficient (Wildman–Crippen LogP) is 4.92. The minimum Gasteiger partial charge on any atom is -0.365 e.